The summed E-state index contributed by atoms with van der Waals surface area (Å²) in [6.07, 6.45) is 0. The number of thiophene rings is 1. The summed E-state index contributed by atoms with van der Waals surface area (Å²) in [7, 11) is 0. The predicted octanol–water partition coefficient (Wildman–Crippen LogP) is 10.9. The van der Waals surface area contributed by atoms with Crippen LogP contribution >= 0.6 is 22.7 Å². The summed E-state index contributed by atoms with van der Waals surface area (Å²) in [6.45, 7) is 0. The smallest absolute Gasteiger partial charge is 0.124 e. The standard InChI is InChI=1S/C35H19NS2/c1-2-7-30-29(6-1)36-35(38-30)25-13-15-28-27-14-12-22(18-31(27)37-32(28)19-25)26-16-23-10-8-20-4-3-5-21-9-11-24(17-26)34(23)33(20)21/h1-19H. The lowest BCUT2D eigenvalue weighted by Crippen LogP contribution is -1.85. The topological polar surface area (TPSA) is 12.9 Å². The number of nitrogens with zero attached hydrogens (tertiary/aromatic N) is 1. The summed E-state index contributed by atoms with van der Waals surface area (Å²) in [6, 6.07) is 42.5. The van der Waals surface area contributed by atoms with E-state index in [-0.39, 0.29) is 0 Å². The van der Waals surface area contributed by atoms with Gasteiger partial charge < -0.3 is 0 Å². The van der Waals surface area contributed by atoms with E-state index in [1.165, 1.54) is 73.9 Å². The van der Waals surface area contributed by atoms with Gasteiger partial charge in [-0.05, 0) is 79.8 Å². The van der Waals surface area contributed by atoms with E-state index in [2.05, 4.69) is 115 Å². The fourth-order valence-corrected chi connectivity index (χ4v) is 8.15. The second-order valence-electron chi connectivity index (χ2n) is 10.0. The van der Waals surface area contributed by atoms with Crippen LogP contribution in [0.4, 0.5) is 0 Å². The van der Waals surface area contributed by atoms with E-state index in [4.69, 9.17) is 4.98 Å². The molecular formula is C35H19NS2. The molecule has 0 radical (unpaired) electrons. The molecule has 0 aliphatic heterocycles. The highest BCUT2D eigenvalue weighted by Crippen LogP contribution is 2.41. The highest BCUT2D eigenvalue weighted by atomic mass is 32.1. The van der Waals surface area contributed by atoms with Crippen molar-refractivity contribution in [2.75, 3.05) is 0 Å². The quantitative estimate of drug-likeness (QED) is 0.208. The maximum absolute atomic E-state index is 4.88. The van der Waals surface area contributed by atoms with Gasteiger partial charge in [0, 0.05) is 25.7 Å². The summed E-state index contributed by atoms with van der Waals surface area (Å²) in [5.74, 6) is 0. The summed E-state index contributed by atoms with van der Waals surface area (Å²) < 4.78 is 3.87. The lowest BCUT2D eigenvalue weighted by Gasteiger charge is -2.12. The molecule has 0 unspecified atom stereocenters. The molecule has 9 aromatic rings. The highest BCUT2D eigenvalue weighted by Gasteiger charge is 2.13. The summed E-state index contributed by atoms with van der Waals surface area (Å²) in [5.41, 5.74) is 4.80. The van der Waals surface area contributed by atoms with E-state index in [1.807, 2.05) is 11.3 Å². The predicted molar refractivity (Wildman–Crippen MR) is 167 cm³/mol. The minimum atomic E-state index is 1.07. The highest BCUT2D eigenvalue weighted by molar-refractivity contribution is 7.26. The van der Waals surface area contributed by atoms with Crippen LogP contribution in [0.3, 0.4) is 0 Å². The number of rotatable bonds is 2. The van der Waals surface area contributed by atoms with E-state index in [0.717, 1.165) is 10.5 Å². The lowest BCUT2D eigenvalue weighted by atomic mass is 9.91. The first-order valence-electron chi connectivity index (χ1n) is 12.8. The summed E-state index contributed by atoms with van der Waals surface area (Å²) >= 11 is 3.64. The molecule has 0 saturated heterocycles. The zero-order chi connectivity index (χ0) is 24.8. The van der Waals surface area contributed by atoms with Crippen molar-refractivity contribution in [3.05, 3.63) is 115 Å². The molecule has 0 amide bonds. The first-order chi connectivity index (χ1) is 18.8. The summed E-state index contributed by atoms with van der Waals surface area (Å²) in [5, 5.41) is 11.7. The van der Waals surface area contributed by atoms with Crippen LogP contribution in [0.1, 0.15) is 0 Å². The number of hydrogen-bond donors (Lipinski definition) is 0. The second kappa shape index (κ2) is 7.61. The third-order valence-electron chi connectivity index (χ3n) is 7.81. The third-order valence-corrected chi connectivity index (χ3v) is 10.0. The molecule has 0 bridgehead atoms. The minimum Gasteiger partial charge on any atom is -0.236 e. The Hall–Kier alpha value is -4.31. The van der Waals surface area contributed by atoms with Crippen molar-refractivity contribution in [2.24, 2.45) is 0 Å². The van der Waals surface area contributed by atoms with Crippen molar-refractivity contribution in [3.63, 3.8) is 0 Å². The number of hydrogen-bond acceptors (Lipinski definition) is 3. The van der Waals surface area contributed by atoms with E-state index in [1.54, 1.807) is 11.3 Å². The number of thiazole rings is 1. The third kappa shape index (κ3) is 2.94. The molecule has 0 fully saturated rings. The Morgan fingerprint density at radius 2 is 1.05 bits per heavy atom. The van der Waals surface area contributed by atoms with Crippen LogP contribution in [0.2, 0.25) is 0 Å². The number of para-hydroxylation sites is 1. The minimum absolute atomic E-state index is 1.07. The lowest BCUT2D eigenvalue weighted by molar-refractivity contribution is 1.49. The molecule has 0 N–H and O–H groups in total. The molecule has 38 heavy (non-hydrogen) atoms. The molecule has 0 aliphatic rings. The largest absolute Gasteiger partial charge is 0.236 e. The first kappa shape index (κ1) is 20.7. The van der Waals surface area contributed by atoms with Crippen LogP contribution in [0.15, 0.2) is 115 Å². The monoisotopic (exact) mass is 517 g/mol. The van der Waals surface area contributed by atoms with Gasteiger partial charge in [-0.1, -0.05) is 78.9 Å². The van der Waals surface area contributed by atoms with Crippen LogP contribution in [0.25, 0.3) is 84.4 Å². The molecule has 0 spiro atoms. The number of fused-ring (bicyclic) bond motifs is 4. The molecule has 0 atom stereocenters. The maximum atomic E-state index is 4.88. The molecule has 2 aromatic heterocycles. The van der Waals surface area contributed by atoms with Gasteiger partial charge in [0.1, 0.15) is 5.01 Å². The van der Waals surface area contributed by atoms with Crippen LogP contribution in [-0.2, 0) is 0 Å². The fourth-order valence-electron chi connectivity index (χ4n) is 6.01. The van der Waals surface area contributed by atoms with Crippen LogP contribution in [-0.4, -0.2) is 4.98 Å². The Kier molecular flexibility index (Phi) is 4.15. The first-order valence-corrected chi connectivity index (χ1v) is 14.4. The SMILES string of the molecule is c1cc2ccc3cc(-c4ccc5c(c4)sc4cc(-c6nc7ccccc7s6)ccc45)cc4ccc(c1)c2c34. The van der Waals surface area contributed by atoms with Gasteiger partial charge in [-0.25, -0.2) is 4.98 Å². The van der Waals surface area contributed by atoms with Gasteiger partial charge in [0.2, 0.25) is 0 Å². The van der Waals surface area contributed by atoms with Crippen molar-refractivity contribution in [1.82, 2.24) is 4.98 Å². The average Bonchev–Trinajstić information content (AvgIpc) is 3.56. The van der Waals surface area contributed by atoms with Crippen molar-refractivity contribution >= 4 is 85.4 Å². The van der Waals surface area contributed by atoms with Gasteiger partial charge in [0.15, 0.2) is 0 Å². The van der Waals surface area contributed by atoms with Crippen molar-refractivity contribution in [1.29, 1.82) is 0 Å². The van der Waals surface area contributed by atoms with Gasteiger partial charge in [-0.15, -0.1) is 22.7 Å². The molecule has 9 rings (SSSR count). The van der Waals surface area contributed by atoms with Crippen molar-refractivity contribution in [2.45, 2.75) is 0 Å². The van der Waals surface area contributed by atoms with Crippen molar-refractivity contribution < 1.29 is 0 Å². The molecule has 176 valence electrons. The van der Waals surface area contributed by atoms with Crippen molar-refractivity contribution in [3.8, 4) is 21.7 Å². The van der Waals surface area contributed by atoms with Gasteiger partial charge >= 0.3 is 0 Å². The number of aromatic nitrogens is 1. The molecule has 2 heterocycles. The van der Waals surface area contributed by atoms with Gasteiger partial charge in [0.05, 0.1) is 10.2 Å². The molecule has 0 aliphatic carbocycles. The average molecular weight is 518 g/mol. The fraction of sp³-hybridized carbons (Fsp3) is 0. The molecule has 0 saturated carbocycles. The van der Waals surface area contributed by atoms with E-state index >= 15 is 0 Å². The van der Waals surface area contributed by atoms with Gasteiger partial charge in [-0.3, -0.25) is 0 Å². The molecule has 7 aromatic carbocycles. The van der Waals surface area contributed by atoms with Crippen LogP contribution in [0.5, 0.6) is 0 Å². The van der Waals surface area contributed by atoms with E-state index < -0.39 is 0 Å². The summed E-state index contributed by atoms with van der Waals surface area (Å²) in [4.78, 5) is 4.88. The molecule has 3 heteroatoms. The zero-order valence-corrected chi connectivity index (χ0v) is 21.9. The second-order valence-corrected chi connectivity index (χ2v) is 12.1. The Balaban J connectivity index is 1.19. The Bertz CT molecular complexity index is 2260. The Morgan fingerprint density at radius 1 is 0.421 bits per heavy atom. The van der Waals surface area contributed by atoms with Gasteiger partial charge in [-0.2, -0.15) is 0 Å². The number of benzene rings is 7. The van der Waals surface area contributed by atoms with Crippen LogP contribution in [0, 0.1) is 0 Å². The Labute approximate surface area is 226 Å². The zero-order valence-electron chi connectivity index (χ0n) is 20.2. The molecule has 1 nitrogen and oxygen atoms in total. The van der Waals surface area contributed by atoms with Crippen LogP contribution < -0.4 is 0 Å². The molecular weight excluding hydrogens is 499 g/mol. The Morgan fingerprint density at radius 3 is 1.79 bits per heavy atom. The van der Waals surface area contributed by atoms with E-state index in [9.17, 15) is 0 Å². The maximum Gasteiger partial charge on any atom is 0.124 e. The van der Waals surface area contributed by atoms with E-state index in [0.29, 0.717) is 0 Å². The van der Waals surface area contributed by atoms with Gasteiger partial charge in [0.25, 0.3) is 0 Å². The normalized spacial score (nSPS) is 12.2.